The first-order valence-corrected chi connectivity index (χ1v) is 10.1. The van der Waals surface area contributed by atoms with Crippen LogP contribution in [0.25, 0.3) is 0 Å². The lowest BCUT2D eigenvalue weighted by Crippen LogP contribution is -2.57. The van der Waals surface area contributed by atoms with Crippen molar-refractivity contribution in [3.63, 3.8) is 0 Å². The Bertz CT molecular complexity index is 263. The molecule has 1 aliphatic heterocycles. The van der Waals surface area contributed by atoms with Gasteiger partial charge in [-0.2, -0.15) is 0 Å². The highest BCUT2D eigenvalue weighted by atomic mass is 31.2. The Labute approximate surface area is 91.0 Å². The van der Waals surface area contributed by atoms with Gasteiger partial charge in [0.05, 0.1) is 0 Å². The van der Waals surface area contributed by atoms with Crippen LogP contribution in [0.4, 0.5) is 0 Å². The van der Waals surface area contributed by atoms with Gasteiger partial charge in [-0.25, -0.2) is 4.57 Å². The minimum absolute atomic E-state index is 0.518. The molecule has 0 bridgehead atoms. The van der Waals surface area contributed by atoms with Crippen LogP contribution in [-0.4, -0.2) is 29.9 Å². The van der Waals surface area contributed by atoms with Crippen LogP contribution < -0.4 is 0 Å². The fourth-order valence-corrected chi connectivity index (χ4v) is 5.20. The van der Waals surface area contributed by atoms with Gasteiger partial charge in [0.25, 0.3) is 0 Å². The van der Waals surface area contributed by atoms with Crippen LogP contribution in [0.2, 0.25) is 19.6 Å². The number of phosphoric ester groups is 1. The first-order chi connectivity index (χ1) is 6.66. The molecule has 1 aliphatic rings. The lowest BCUT2D eigenvalue weighted by molar-refractivity contribution is -0.161. The maximum absolute atomic E-state index is 11.0. The molecular formula is C8H19O5PSi. The number of phosphoric acid groups is 1. The highest BCUT2D eigenvalue weighted by Crippen LogP contribution is 2.48. The second kappa shape index (κ2) is 4.28. The van der Waals surface area contributed by atoms with E-state index in [1.807, 2.05) is 19.6 Å². The fourth-order valence-electron chi connectivity index (χ4n) is 1.76. The van der Waals surface area contributed by atoms with E-state index in [4.69, 9.17) is 19.0 Å². The smallest absolute Gasteiger partial charge is 0.353 e. The van der Waals surface area contributed by atoms with Crippen molar-refractivity contribution < 1.29 is 23.6 Å². The van der Waals surface area contributed by atoms with E-state index >= 15 is 0 Å². The normalized spacial score (nSPS) is 29.1. The Morgan fingerprint density at radius 3 is 2.27 bits per heavy atom. The van der Waals surface area contributed by atoms with E-state index in [2.05, 4.69) is 0 Å². The number of rotatable bonds is 3. The zero-order chi connectivity index (χ0) is 11.7. The molecule has 1 fully saturated rings. The van der Waals surface area contributed by atoms with E-state index in [9.17, 15) is 4.57 Å². The molecule has 1 unspecified atom stereocenters. The molecule has 5 nitrogen and oxygen atoms in total. The molecule has 0 saturated carbocycles. The van der Waals surface area contributed by atoms with Crippen molar-refractivity contribution in [3.05, 3.63) is 0 Å². The summed E-state index contributed by atoms with van der Waals surface area (Å²) in [5, 5.41) is 0. The molecule has 0 radical (unpaired) electrons. The zero-order valence-corrected chi connectivity index (χ0v) is 11.3. The Morgan fingerprint density at radius 1 is 1.33 bits per heavy atom. The van der Waals surface area contributed by atoms with E-state index in [-0.39, 0.29) is 0 Å². The molecule has 90 valence electrons. The van der Waals surface area contributed by atoms with Crippen molar-refractivity contribution in [2.24, 2.45) is 0 Å². The Balaban J connectivity index is 2.91. The van der Waals surface area contributed by atoms with Crippen LogP contribution >= 0.6 is 7.82 Å². The largest absolute Gasteiger partial charge is 0.471 e. The van der Waals surface area contributed by atoms with Crippen molar-refractivity contribution >= 4 is 15.9 Å². The first-order valence-electron chi connectivity index (χ1n) is 5.07. The molecule has 0 amide bonds. The van der Waals surface area contributed by atoms with Crippen molar-refractivity contribution in [2.45, 2.75) is 44.3 Å². The minimum atomic E-state index is -4.49. The number of ether oxygens (including phenoxy) is 1. The molecule has 0 spiro atoms. The van der Waals surface area contributed by atoms with Gasteiger partial charge in [0.1, 0.15) is 8.07 Å². The second-order valence-electron chi connectivity index (χ2n) is 4.89. The van der Waals surface area contributed by atoms with Gasteiger partial charge < -0.3 is 14.5 Å². The summed E-state index contributed by atoms with van der Waals surface area (Å²) in [6.45, 7) is 6.50. The van der Waals surface area contributed by atoms with Crippen LogP contribution in [-0.2, 0) is 13.8 Å². The maximum atomic E-state index is 11.0. The van der Waals surface area contributed by atoms with Gasteiger partial charge in [0.15, 0.2) is 5.41 Å². The Morgan fingerprint density at radius 2 is 1.93 bits per heavy atom. The topological polar surface area (TPSA) is 76.0 Å². The molecule has 2 N–H and O–H groups in total. The van der Waals surface area contributed by atoms with Crippen LogP contribution in [0.3, 0.4) is 0 Å². The summed E-state index contributed by atoms with van der Waals surface area (Å²) in [7, 11) is -6.44. The molecule has 0 aromatic rings. The summed E-state index contributed by atoms with van der Waals surface area (Å²) < 4.78 is 21.5. The SMILES string of the molecule is C[Si](C)(C)C1(OP(=O)(O)O)CCCCO1. The summed E-state index contributed by atoms with van der Waals surface area (Å²) in [6, 6.07) is 0. The van der Waals surface area contributed by atoms with E-state index < -0.39 is 21.3 Å². The minimum Gasteiger partial charge on any atom is -0.353 e. The average Bonchev–Trinajstić information content (AvgIpc) is 2.00. The molecule has 1 heterocycles. The predicted octanol–water partition coefficient (Wildman–Crippen LogP) is 1.87. The molecule has 0 aromatic carbocycles. The van der Waals surface area contributed by atoms with E-state index in [1.54, 1.807) is 0 Å². The van der Waals surface area contributed by atoms with E-state index in [1.165, 1.54) is 0 Å². The van der Waals surface area contributed by atoms with E-state index in [0.29, 0.717) is 13.0 Å². The molecule has 0 aliphatic carbocycles. The van der Waals surface area contributed by atoms with E-state index in [0.717, 1.165) is 12.8 Å². The molecular weight excluding hydrogens is 235 g/mol. The van der Waals surface area contributed by atoms with Crippen LogP contribution in [0.1, 0.15) is 19.3 Å². The monoisotopic (exact) mass is 254 g/mol. The highest BCUT2D eigenvalue weighted by Gasteiger charge is 2.50. The van der Waals surface area contributed by atoms with Crippen molar-refractivity contribution in [3.8, 4) is 0 Å². The summed E-state index contributed by atoms with van der Waals surface area (Å²) in [5.74, 6) is 0. The van der Waals surface area contributed by atoms with Gasteiger partial charge in [-0.05, 0) is 19.3 Å². The molecule has 1 atom stereocenters. The zero-order valence-electron chi connectivity index (χ0n) is 9.39. The van der Waals surface area contributed by atoms with Gasteiger partial charge in [0.2, 0.25) is 0 Å². The first kappa shape index (κ1) is 13.4. The van der Waals surface area contributed by atoms with Gasteiger partial charge in [0, 0.05) is 6.61 Å². The van der Waals surface area contributed by atoms with Gasteiger partial charge in [-0.1, -0.05) is 19.6 Å². The predicted molar refractivity (Wildman–Crippen MR) is 59.0 cm³/mol. The number of hydrogen-bond acceptors (Lipinski definition) is 3. The van der Waals surface area contributed by atoms with Crippen molar-refractivity contribution in [2.75, 3.05) is 6.61 Å². The fraction of sp³-hybridized carbons (Fsp3) is 1.00. The third-order valence-electron chi connectivity index (χ3n) is 2.64. The van der Waals surface area contributed by atoms with Crippen LogP contribution in [0.15, 0.2) is 0 Å². The molecule has 1 saturated heterocycles. The third-order valence-corrected chi connectivity index (χ3v) is 6.13. The lowest BCUT2D eigenvalue weighted by atomic mass is 10.2. The van der Waals surface area contributed by atoms with Crippen molar-refractivity contribution in [1.82, 2.24) is 0 Å². The summed E-state index contributed by atoms with van der Waals surface area (Å²) in [4.78, 5) is 17.9. The number of hydrogen-bond donors (Lipinski definition) is 2. The molecule has 1 rings (SSSR count). The van der Waals surface area contributed by atoms with Gasteiger partial charge >= 0.3 is 7.82 Å². The third kappa shape index (κ3) is 3.37. The summed E-state index contributed by atoms with van der Waals surface area (Å²) in [6.07, 6.45) is 2.40. The molecule has 0 aromatic heterocycles. The average molecular weight is 254 g/mol. The summed E-state index contributed by atoms with van der Waals surface area (Å²) in [5.41, 5.74) is -1.02. The maximum Gasteiger partial charge on any atom is 0.471 e. The summed E-state index contributed by atoms with van der Waals surface area (Å²) >= 11 is 0. The standard InChI is InChI=1S/C8H19O5PSi/c1-15(2,3)8(13-14(9,10)11)6-4-5-7-12-8/h4-7H2,1-3H3,(H2,9,10,11). The highest BCUT2D eigenvalue weighted by molar-refractivity contribution is 7.46. The quantitative estimate of drug-likeness (QED) is 0.594. The van der Waals surface area contributed by atoms with Crippen LogP contribution in [0.5, 0.6) is 0 Å². The lowest BCUT2D eigenvalue weighted by Gasteiger charge is -2.44. The Hall–Kier alpha value is 0.287. The molecule has 15 heavy (non-hydrogen) atoms. The van der Waals surface area contributed by atoms with Gasteiger partial charge in [-0.15, -0.1) is 0 Å². The Kier molecular flexibility index (Phi) is 3.81. The second-order valence-corrected chi connectivity index (χ2v) is 11.3. The molecule has 7 heteroatoms. The van der Waals surface area contributed by atoms with Gasteiger partial charge in [-0.3, -0.25) is 4.52 Å². The van der Waals surface area contributed by atoms with Crippen LogP contribution in [0, 0.1) is 0 Å². The van der Waals surface area contributed by atoms with Crippen molar-refractivity contribution in [1.29, 1.82) is 0 Å².